The fraction of sp³-hybridized carbons (Fsp3) is 0.455. The number of likely N-dealkylation sites (N-methyl/N-ethyl adjacent to an activating group) is 2. The van der Waals surface area contributed by atoms with Gasteiger partial charge in [0.1, 0.15) is 12.2 Å². The van der Waals surface area contributed by atoms with Crippen molar-refractivity contribution in [1.82, 2.24) is 20.0 Å². The number of H-pyrrole nitrogens is 1. The van der Waals surface area contributed by atoms with Gasteiger partial charge in [-0.25, -0.2) is 5.10 Å². The first-order chi connectivity index (χ1) is 8.45. The Morgan fingerprint density at radius 2 is 2.00 bits per heavy atom. The van der Waals surface area contributed by atoms with Crippen molar-refractivity contribution in [3.63, 3.8) is 0 Å². The van der Waals surface area contributed by atoms with E-state index in [1.165, 1.54) is 21.9 Å². The van der Waals surface area contributed by atoms with Crippen molar-refractivity contribution in [2.24, 2.45) is 0 Å². The van der Waals surface area contributed by atoms with E-state index >= 15 is 0 Å². The van der Waals surface area contributed by atoms with Crippen LogP contribution in [0.25, 0.3) is 0 Å². The van der Waals surface area contributed by atoms with Gasteiger partial charge in [0.05, 0.1) is 0 Å². The minimum absolute atomic E-state index is 0.0108. The highest BCUT2D eigenvalue weighted by Crippen LogP contribution is 2.00. The minimum atomic E-state index is -0.385. The standard InChI is InChI=1S/C11H16N4O3/c1-4-15(7-10(17)14(2)3)11(18)8-5-6-9(16)13-12-8/h5-6H,4,7H2,1-3H3,(H,13,16). The molecule has 0 fully saturated rings. The van der Waals surface area contributed by atoms with Gasteiger partial charge in [0.15, 0.2) is 0 Å². The molecule has 18 heavy (non-hydrogen) atoms. The molecule has 2 amide bonds. The Labute approximate surface area is 104 Å². The van der Waals surface area contributed by atoms with Crippen molar-refractivity contribution in [2.75, 3.05) is 27.2 Å². The first-order valence-electron chi connectivity index (χ1n) is 5.51. The van der Waals surface area contributed by atoms with Crippen LogP contribution in [-0.4, -0.2) is 59.0 Å². The Balaban J connectivity index is 2.82. The summed E-state index contributed by atoms with van der Waals surface area (Å²) in [5.74, 6) is -0.557. The average molecular weight is 252 g/mol. The van der Waals surface area contributed by atoms with Crippen LogP contribution in [0.4, 0.5) is 0 Å². The number of hydrogen-bond donors (Lipinski definition) is 1. The van der Waals surface area contributed by atoms with Crippen LogP contribution >= 0.6 is 0 Å². The second-order valence-electron chi connectivity index (χ2n) is 3.91. The lowest BCUT2D eigenvalue weighted by molar-refractivity contribution is -0.129. The van der Waals surface area contributed by atoms with Gasteiger partial charge in [-0.05, 0) is 13.0 Å². The van der Waals surface area contributed by atoms with Gasteiger partial charge in [0.25, 0.3) is 11.5 Å². The highest BCUT2D eigenvalue weighted by molar-refractivity contribution is 5.94. The summed E-state index contributed by atoms with van der Waals surface area (Å²) < 4.78 is 0. The van der Waals surface area contributed by atoms with Gasteiger partial charge in [-0.15, -0.1) is 0 Å². The molecular formula is C11H16N4O3. The zero-order chi connectivity index (χ0) is 13.7. The number of amides is 2. The van der Waals surface area contributed by atoms with Gasteiger partial charge in [-0.2, -0.15) is 5.10 Å². The minimum Gasteiger partial charge on any atom is -0.347 e. The zero-order valence-corrected chi connectivity index (χ0v) is 10.6. The quantitative estimate of drug-likeness (QED) is 0.769. The van der Waals surface area contributed by atoms with Crippen LogP contribution in [0.15, 0.2) is 16.9 Å². The van der Waals surface area contributed by atoms with Crippen LogP contribution in [0.3, 0.4) is 0 Å². The first kappa shape index (κ1) is 13.9. The van der Waals surface area contributed by atoms with Gasteiger partial charge >= 0.3 is 0 Å². The van der Waals surface area contributed by atoms with Gasteiger partial charge in [0.2, 0.25) is 5.91 Å². The van der Waals surface area contributed by atoms with Crippen molar-refractivity contribution in [2.45, 2.75) is 6.92 Å². The Kier molecular flexibility index (Phi) is 4.59. The predicted octanol–water partition coefficient (Wildman–Crippen LogP) is -0.680. The van der Waals surface area contributed by atoms with E-state index in [2.05, 4.69) is 10.2 Å². The number of hydrogen-bond acceptors (Lipinski definition) is 4. The van der Waals surface area contributed by atoms with Crippen LogP contribution in [-0.2, 0) is 4.79 Å². The third-order valence-electron chi connectivity index (χ3n) is 2.39. The average Bonchev–Trinajstić information content (AvgIpc) is 2.35. The summed E-state index contributed by atoms with van der Waals surface area (Å²) in [5.41, 5.74) is -0.262. The highest BCUT2D eigenvalue weighted by Gasteiger charge is 2.19. The lowest BCUT2D eigenvalue weighted by Gasteiger charge is -2.21. The summed E-state index contributed by atoms with van der Waals surface area (Å²) in [6.07, 6.45) is 0. The van der Waals surface area contributed by atoms with Gasteiger partial charge in [0, 0.05) is 26.7 Å². The molecular weight excluding hydrogens is 236 g/mol. The maximum absolute atomic E-state index is 12.0. The third kappa shape index (κ3) is 3.41. The predicted molar refractivity (Wildman–Crippen MR) is 65.1 cm³/mol. The van der Waals surface area contributed by atoms with E-state index in [4.69, 9.17) is 0 Å². The maximum Gasteiger partial charge on any atom is 0.274 e. The van der Waals surface area contributed by atoms with Gasteiger partial charge in [-0.1, -0.05) is 0 Å². The molecule has 0 spiro atoms. The number of nitrogens with zero attached hydrogens (tertiary/aromatic N) is 3. The van der Waals surface area contributed by atoms with E-state index in [0.717, 1.165) is 0 Å². The molecule has 0 aromatic carbocycles. The van der Waals surface area contributed by atoms with Crippen molar-refractivity contribution in [3.05, 3.63) is 28.2 Å². The van der Waals surface area contributed by atoms with E-state index in [1.54, 1.807) is 21.0 Å². The number of nitrogens with one attached hydrogen (secondary N) is 1. The normalized spacial score (nSPS) is 9.94. The fourth-order valence-corrected chi connectivity index (χ4v) is 1.26. The van der Waals surface area contributed by atoms with Crippen LogP contribution in [0, 0.1) is 0 Å². The number of carbonyl (C=O) groups excluding carboxylic acids is 2. The molecule has 0 saturated heterocycles. The molecule has 98 valence electrons. The van der Waals surface area contributed by atoms with Crippen molar-refractivity contribution in [3.8, 4) is 0 Å². The van der Waals surface area contributed by atoms with Crippen molar-refractivity contribution < 1.29 is 9.59 Å². The molecule has 1 heterocycles. The maximum atomic E-state index is 12.0. The molecule has 7 heteroatoms. The Morgan fingerprint density at radius 1 is 1.33 bits per heavy atom. The zero-order valence-electron chi connectivity index (χ0n) is 10.6. The number of aromatic nitrogens is 2. The Hall–Kier alpha value is -2.18. The first-order valence-corrected chi connectivity index (χ1v) is 5.51. The molecule has 1 rings (SSSR count). The molecule has 1 aromatic heterocycles. The number of aromatic amines is 1. The molecule has 1 N–H and O–H groups in total. The van der Waals surface area contributed by atoms with Gasteiger partial charge < -0.3 is 9.80 Å². The van der Waals surface area contributed by atoms with Crippen LogP contribution in [0.2, 0.25) is 0 Å². The van der Waals surface area contributed by atoms with Gasteiger partial charge in [-0.3, -0.25) is 14.4 Å². The van der Waals surface area contributed by atoms with E-state index in [-0.39, 0.29) is 29.6 Å². The molecule has 0 aliphatic rings. The smallest absolute Gasteiger partial charge is 0.274 e. The lowest BCUT2D eigenvalue weighted by atomic mass is 10.3. The number of carbonyl (C=O) groups is 2. The Bertz CT molecular complexity index is 475. The summed E-state index contributed by atoms with van der Waals surface area (Å²) in [7, 11) is 3.25. The van der Waals surface area contributed by atoms with E-state index in [9.17, 15) is 14.4 Å². The SMILES string of the molecule is CCN(CC(=O)N(C)C)C(=O)c1ccc(=O)[nH]n1. The molecule has 0 unspecified atom stereocenters. The van der Waals surface area contributed by atoms with E-state index < -0.39 is 0 Å². The number of rotatable bonds is 4. The molecule has 0 aliphatic carbocycles. The topological polar surface area (TPSA) is 86.4 Å². The monoisotopic (exact) mass is 252 g/mol. The van der Waals surface area contributed by atoms with Crippen LogP contribution in [0.1, 0.15) is 17.4 Å². The molecule has 0 saturated carbocycles. The largest absolute Gasteiger partial charge is 0.347 e. The lowest BCUT2D eigenvalue weighted by Crippen LogP contribution is -2.40. The van der Waals surface area contributed by atoms with Crippen molar-refractivity contribution in [1.29, 1.82) is 0 Å². The summed E-state index contributed by atoms with van der Waals surface area (Å²) in [6.45, 7) is 2.15. The Morgan fingerprint density at radius 3 is 2.44 bits per heavy atom. The summed E-state index contributed by atoms with van der Waals surface area (Å²) >= 11 is 0. The summed E-state index contributed by atoms with van der Waals surface area (Å²) in [4.78, 5) is 37.2. The molecule has 0 bridgehead atoms. The second-order valence-corrected chi connectivity index (χ2v) is 3.91. The van der Waals surface area contributed by atoms with Crippen LogP contribution in [0.5, 0.6) is 0 Å². The summed E-state index contributed by atoms with van der Waals surface area (Å²) in [5, 5.41) is 5.83. The second kappa shape index (κ2) is 5.95. The fourth-order valence-electron chi connectivity index (χ4n) is 1.26. The summed E-state index contributed by atoms with van der Waals surface area (Å²) in [6, 6.07) is 2.56. The van der Waals surface area contributed by atoms with Crippen LogP contribution < -0.4 is 5.56 Å². The third-order valence-corrected chi connectivity index (χ3v) is 2.39. The van der Waals surface area contributed by atoms with E-state index in [0.29, 0.717) is 6.54 Å². The molecule has 1 aromatic rings. The molecule has 0 atom stereocenters. The molecule has 7 nitrogen and oxygen atoms in total. The van der Waals surface area contributed by atoms with Crippen molar-refractivity contribution >= 4 is 11.8 Å². The molecule has 0 radical (unpaired) electrons. The van der Waals surface area contributed by atoms with E-state index in [1.807, 2.05) is 0 Å². The highest BCUT2D eigenvalue weighted by atomic mass is 16.2. The molecule has 0 aliphatic heterocycles.